The maximum Gasteiger partial charge on any atom is 0.311 e. The van der Waals surface area contributed by atoms with E-state index in [1.165, 1.54) is 12.4 Å². The Bertz CT molecular complexity index is 554. The molecule has 0 amide bonds. The number of aromatic nitrogens is 4. The van der Waals surface area contributed by atoms with Crippen LogP contribution in [-0.2, 0) is 0 Å². The zero-order valence-corrected chi connectivity index (χ0v) is 9.91. The number of aryl methyl sites for hydroxylation is 1. The molecule has 0 saturated heterocycles. The van der Waals surface area contributed by atoms with Crippen molar-refractivity contribution in [2.45, 2.75) is 19.9 Å². The smallest absolute Gasteiger partial charge is 0.311 e. The van der Waals surface area contributed by atoms with Gasteiger partial charge in [0.25, 0.3) is 0 Å². The zero-order valence-electron chi connectivity index (χ0n) is 9.91. The number of hydrogen-bond donors (Lipinski definition) is 2. The highest BCUT2D eigenvalue weighted by Crippen LogP contribution is 2.25. The Labute approximate surface area is 103 Å². The number of rotatable bonds is 4. The van der Waals surface area contributed by atoms with Crippen LogP contribution >= 0.6 is 0 Å². The van der Waals surface area contributed by atoms with Crippen LogP contribution in [0.4, 0.5) is 11.5 Å². The summed E-state index contributed by atoms with van der Waals surface area (Å²) in [6.45, 7) is 3.59. The molecule has 2 rings (SSSR count). The van der Waals surface area contributed by atoms with Crippen LogP contribution in [0, 0.1) is 17.0 Å². The lowest BCUT2D eigenvalue weighted by Gasteiger charge is -2.12. The summed E-state index contributed by atoms with van der Waals surface area (Å²) in [5, 5.41) is 20.3. The van der Waals surface area contributed by atoms with Crippen molar-refractivity contribution in [3.8, 4) is 0 Å². The largest absolute Gasteiger partial charge is 0.355 e. The van der Waals surface area contributed by atoms with E-state index in [-0.39, 0.29) is 17.5 Å². The van der Waals surface area contributed by atoms with Gasteiger partial charge in [0, 0.05) is 11.8 Å². The maximum atomic E-state index is 10.9. The Kier molecular flexibility index (Phi) is 3.18. The van der Waals surface area contributed by atoms with Crippen molar-refractivity contribution in [3.05, 3.63) is 40.1 Å². The Morgan fingerprint density at radius 2 is 2.28 bits per heavy atom. The number of hydrogen-bond acceptors (Lipinski definition) is 6. The second-order valence-electron chi connectivity index (χ2n) is 3.81. The first-order valence-corrected chi connectivity index (χ1v) is 5.31. The number of nitrogens with one attached hydrogen (secondary N) is 2. The van der Waals surface area contributed by atoms with E-state index in [2.05, 4.69) is 25.5 Å². The van der Waals surface area contributed by atoms with Crippen LogP contribution in [0.3, 0.4) is 0 Å². The molecule has 0 aromatic carbocycles. The molecule has 0 saturated carbocycles. The van der Waals surface area contributed by atoms with Gasteiger partial charge < -0.3 is 5.32 Å². The third-order valence-corrected chi connectivity index (χ3v) is 2.41. The van der Waals surface area contributed by atoms with Gasteiger partial charge in [-0.2, -0.15) is 5.10 Å². The average molecular weight is 248 g/mol. The molecule has 2 N–H and O–H groups in total. The molecule has 2 heterocycles. The fraction of sp³-hybridized carbons (Fsp3) is 0.300. The first-order chi connectivity index (χ1) is 8.58. The summed E-state index contributed by atoms with van der Waals surface area (Å²) in [5.74, 6) is 0.816. The van der Waals surface area contributed by atoms with Gasteiger partial charge in [-0.25, -0.2) is 9.97 Å². The van der Waals surface area contributed by atoms with Crippen molar-refractivity contribution in [2.75, 3.05) is 5.32 Å². The molecule has 0 spiro atoms. The summed E-state index contributed by atoms with van der Waals surface area (Å²) in [6.07, 6.45) is 1.38. The molecule has 0 fully saturated rings. The highest BCUT2D eigenvalue weighted by molar-refractivity contribution is 5.56. The number of H-pyrrole nitrogens is 1. The molecule has 0 aliphatic heterocycles. The molecular weight excluding hydrogens is 236 g/mol. The summed E-state index contributed by atoms with van der Waals surface area (Å²) >= 11 is 0. The molecule has 0 bridgehead atoms. The minimum Gasteiger partial charge on any atom is -0.355 e. The van der Waals surface area contributed by atoms with E-state index in [1.54, 1.807) is 13.0 Å². The van der Waals surface area contributed by atoms with Crippen molar-refractivity contribution in [2.24, 2.45) is 0 Å². The fourth-order valence-electron chi connectivity index (χ4n) is 1.50. The Hall–Kier alpha value is -2.51. The molecule has 0 radical (unpaired) electrons. The van der Waals surface area contributed by atoms with Crippen LogP contribution in [0.15, 0.2) is 18.5 Å². The molecule has 0 aliphatic rings. The molecule has 0 aliphatic carbocycles. The normalized spacial score (nSPS) is 12.1. The van der Waals surface area contributed by atoms with Crippen LogP contribution in [-0.4, -0.2) is 25.1 Å². The van der Waals surface area contributed by atoms with Gasteiger partial charge in [0.05, 0.1) is 11.0 Å². The molecule has 8 nitrogen and oxygen atoms in total. The quantitative estimate of drug-likeness (QED) is 0.628. The van der Waals surface area contributed by atoms with E-state index in [4.69, 9.17) is 0 Å². The Morgan fingerprint density at radius 3 is 2.89 bits per heavy atom. The molecule has 8 heteroatoms. The number of nitro groups is 1. The second-order valence-corrected chi connectivity index (χ2v) is 3.81. The Balaban J connectivity index is 2.28. The van der Waals surface area contributed by atoms with E-state index < -0.39 is 4.92 Å². The number of anilines is 1. The van der Waals surface area contributed by atoms with Crippen LogP contribution in [0.1, 0.15) is 24.5 Å². The summed E-state index contributed by atoms with van der Waals surface area (Å²) in [4.78, 5) is 18.5. The lowest BCUT2D eigenvalue weighted by atomic mass is 10.3. The third kappa shape index (κ3) is 2.42. The molecule has 2 aromatic heterocycles. The van der Waals surface area contributed by atoms with E-state index in [9.17, 15) is 10.1 Å². The van der Waals surface area contributed by atoms with Gasteiger partial charge in [0.1, 0.15) is 12.2 Å². The van der Waals surface area contributed by atoms with Crippen LogP contribution in [0.25, 0.3) is 0 Å². The predicted octanol–water partition coefficient (Wildman–Crippen LogP) is 1.59. The highest BCUT2D eigenvalue weighted by atomic mass is 16.6. The topological polar surface area (TPSA) is 110 Å². The summed E-state index contributed by atoms with van der Waals surface area (Å²) < 4.78 is 0. The lowest BCUT2D eigenvalue weighted by molar-refractivity contribution is -0.384. The van der Waals surface area contributed by atoms with E-state index >= 15 is 0 Å². The molecule has 18 heavy (non-hydrogen) atoms. The zero-order chi connectivity index (χ0) is 13.1. The standard InChI is InChI=1S/C10H12N6O2/c1-6-3-4-8(16(17)18)10(13-6)14-7(2)9-11-5-12-15-9/h3-5,7H,1-2H3,(H,13,14)(H,11,12,15). The summed E-state index contributed by atoms with van der Waals surface area (Å²) in [7, 11) is 0. The third-order valence-electron chi connectivity index (χ3n) is 2.41. The molecule has 2 aromatic rings. The second kappa shape index (κ2) is 4.78. The van der Waals surface area contributed by atoms with Crippen molar-refractivity contribution < 1.29 is 4.92 Å². The fourth-order valence-corrected chi connectivity index (χ4v) is 1.50. The van der Waals surface area contributed by atoms with E-state index in [0.717, 1.165) is 0 Å². The van der Waals surface area contributed by atoms with Crippen LogP contribution in [0.2, 0.25) is 0 Å². The van der Waals surface area contributed by atoms with Crippen molar-refractivity contribution in [1.82, 2.24) is 20.2 Å². The van der Waals surface area contributed by atoms with Crippen molar-refractivity contribution in [1.29, 1.82) is 0 Å². The van der Waals surface area contributed by atoms with E-state index in [0.29, 0.717) is 11.5 Å². The highest BCUT2D eigenvalue weighted by Gasteiger charge is 2.18. The number of nitrogens with zero attached hydrogens (tertiary/aromatic N) is 4. The summed E-state index contributed by atoms with van der Waals surface area (Å²) in [5.41, 5.74) is 0.639. The van der Waals surface area contributed by atoms with Gasteiger partial charge >= 0.3 is 5.69 Å². The maximum absolute atomic E-state index is 10.9. The first-order valence-electron chi connectivity index (χ1n) is 5.31. The number of pyridine rings is 1. The molecule has 94 valence electrons. The van der Waals surface area contributed by atoms with Gasteiger partial charge in [0.15, 0.2) is 0 Å². The summed E-state index contributed by atoms with van der Waals surface area (Å²) in [6, 6.07) is 2.78. The molecule has 1 atom stereocenters. The van der Waals surface area contributed by atoms with Gasteiger partial charge in [-0.3, -0.25) is 15.2 Å². The van der Waals surface area contributed by atoms with Crippen LogP contribution < -0.4 is 5.32 Å². The lowest BCUT2D eigenvalue weighted by Crippen LogP contribution is -2.11. The van der Waals surface area contributed by atoms with Gasteiger partial charge in [-0.05, 0) is 19.9 Å². The molecule has 1 unspecified atom stereocenters. The van der Waals surface area contributed by atoms with E-state index in [1.807, 2.05) is 6.92 Å². The SMILES string of the molecule is Cc1ccc([N+](=O)[O-])c(NC(C)c2ncn[nH]2)n1. The van der Waals surface area contributed by atoms with Crippen molar-refractivity contribution in [3.63, 3.8) is 0 Å². The average Bonchev–Trinajstić information content (AvgIpc) is 2.81. The van der Waals surface area contributed by atoms with Crippen molar-refractivity contribution >= 4 is 11.5 Å². The Morgan fingerprint density at radius 1 is 1.50 bits per heavy atom. The van der Waals surface area contributed by atoms with Gasteiger partial charge in [-0.1, -0.05) is 0 Å². The minimum atomic E-state index is -0.470. The minimum absolute atomic E-state index is 0.0630. The predicted molar refractivity (Wildman–Crippen MR) is 64.0 cm³/mol. The number of aromatic amines is 1. The van der Waals surface area contributed by atoms with Crippen LogP contribution in [0.5, 0.6) is 0 Å². The first kappa shape index (κ1) is 12.0. The van der Waals surface area contributed by atoms with Gasteiger partial charge in [-0.15, -0.1) is 0 Å². The monoisotopic (exact) mass is 248 g/mol. The van der Waals surface area contributed by atoms with Gasteiger partial charge in [0.2, 0.25) is 5.82 Å². The molecular formula is C10H12N6O2.